The lowest BCUT2D eigenvalue weighted by Crippen LogP contribution is -2.60. The van der Waals surface area contributed by atoms with E-state index in [4.69, 9.17) is 9.72 Å². The molecule has 12 heteroatoms. The fourth-order valence-corrected chi connectivity index (χ4v) is 5.39. The molecule has 2 aromatic rings. The predicted molar refractivity (Wildman–Crippen MR) is 168 cm³/mol. The number of hydrazine groups is 1. The molecule has 236 valence electrons. The van der Waals surface area contributed by atoms with Crippen LogP contribution in [-0.2, 0) is 30.5 Å². The van der Waals surface area contributed by atoms with Gasteiger partial charge < -0.3 is 19.7 Å². The van der Waals surface area contributed by atoms with E-state index in [1.165, 1.54) is 5.01 Å². The van der Waals surface area contributed by atoms with Gasteiger partial charge in [0.15, 0.2) is 0 Å². The number of ether oxygens (including phenoxy) is 1. The summed E-state index contributed by atoms with van der Waals surface area (Å²) in [5.74, 6) is -1.39. The second-order valence-corrected chi connectivity index (χ2v) is 12.9. The van der Waals surface area contributed by atoms with Crippen molar-refractivity contribution < 1.29 is 28.8 Å². The van der Waals surface area contributed by atoms with Crippen LogP contribution in [0.3, 0.4) is 0 Å². The number of hydrogen-bond acceptors (Lipinski definition) is 8. The molecule has 43 heavy (non-hydrogen) atoms. The van der Waals surface area contributed by atoms with Crippen molar-refractivity contribution in [3.8, 4) is 0 Å². The normalized spacial score (nSPS) is 19.3. The summed E-state index contributed by atoms with van der Waals surface area (Å²) in [7, 11) is 0. The van der Waals surface area contributed by atoms with Crippen molar-refractivity contribution in [1.29, 1.82) is 0 Å². The van der Waals surface area contributed by atoms with Crippen molar-refractivity contribution in [2.75, 3.05) is 18.9 Å². The van der Waals surface area contributed by atoms with E-state index in [2.05, 4.69) is 15.5 Å². The third kappa shape index (κ3) is 10.0. The van der Waals surface area contributed by atoms with E-state index in [-0.39, 0.29) is 23.8 Å². The fraction of sp³-hybridized carbons (Fsp3) is 0.548. The number of amides is 2. The first-order valence-corrected chi connectivity index (χ1v) is 16.2. The van der Waals surface area contributed by atoms with Gasteiger partial charge in [-0.3, -0.25) is 24.4 Å². The van der Waals surface area contributed by atoms with E-state index in [1.807, 2.05) is 77.1 Å². The molecule has 6 atom stereocenters. The third-order valence-electron chi connectivity index (χ3n) is 7.25. The Labute approximate surface area is 257 Å². The first-order valence-electron chi connectivity index (χ1n) is 14.8. The molecule has 1 aromatic carbocycles. The van der Waals surface area contributed by atoms with Crippen LogP contribution in [0.15, 0.2) is 36.4 Å². The van der Waals surface area contributed by atoms with Crippen LogP contribution in [0.5, 0.6) is 0 Å². The summed E-state index contributed by atoms with van der Waals surface area (Å²) >= 11 is -1.10. The smallest absolute Gasteiger partial charge is 0.322 e. The van der Waals surface area contributed by atoms with Gasteiger partial charge in [0.2, 0.25) is 5.91 Å². The minimum absolute atomic E-state index is 0.00171. The summed E-state index contributed by atoms with van der Waals surface area (Å²) in [6, 6.07) is 8.18. The number of aliphatic carboxylic acids is 1. The Kier molecular flexibility index (Phi) is 12.9. The molecule has 4 N–H and O–H groups in total. The SMILES string of the molecule is CC[S@+]([O-])N[C@H](C)c1ccc2ccc(/C=C/C(C)CO[C@H](C(=O)N[C@@H](C)C(=O)N3CCC[C@@H](C(=O)O)N3)C(C)C)cc2n1. The van der Waals surface area contributed by atoms with Gasteiger partial charge in [0, 0.05) is 23.3 Å². The molecule has 0 spiro atoms. The maximum Gasteiger partial charge on any atom is 0.322 e. The van der Waals surface area contributed by atoms with Gasteiger partial charge in [-0.1, -0.05) is 51.1 Å². The van der Waals surface area contributed by atoms with Gasteiger partial charge in [0.05, 0.1) is 23.9 Å². The van der Waals surface area contributed by atoms with Gasteiger partial charge in [-0.2, -0.15) is 0 Å². The number of fused-ring (bicyclic) bond motifs is 1. The quantitative estimate of drug-likeness (QED) is 0.234. The Hall–Kier alpha value is -3.03. The van der Waals surface area contributed by atoms with Gasteiger partial charge in [0.25, 0.3) is 5.91 Å². The lowest BCUT2D eigenvalue weighted by Gasteiger charge is -2.34. The van der Waals surface area contributed by atoms with Gasteiger partial charge in [-0.05, 0) is 63.1 Å². The number of pyridine rings is 1. The number of nitrogens with one attached hydrogen (secondary N) is 3. The largest absolute Gasteiger partial charge is 0.598 e. The molecule has 0 saturated carbocycles. The lowest BCUT2D eigenvalue weighted by molar-refractivity contribution is -0.149. The minimum Gasteiger partial charge on any atom is -0.598 e. The minimum atomic E-state index is -1.10. The zero-order valence-corrected chi connectivity index (χ0v) is 26.6. The second kappa shape index (κ2) is 16.2. The second-order valence-electron chi connectivity index (χ2n) is 11.4. The van der Waals surface area contributed by atoms with Gasteiger partial charge >= 0.3 is 5.97 Å². The van der Waals surface area contributed by atoms with E-state index in [0.717, 1.165) is 22.2 Å². The molecule has 11 nitrogen and oxygen atoms in total. The molecule has 3 rings (SSSR count). The summed E-state index contributed by atoms with van der Waals surface area (Å²) < 4.78 is 21.0. The Bertz CT molecular complexity index is 1290. The number of rotatable bonds is 14. The molecule has 0 aliphatic carbocycles. The Balaban J connectivity index is 1.56. The molecule has 2 heterocycles. The van der Waals surface area contributed by atoms with Crippen LogP contribution in [0.25, 0.3) is 17.0 Å². The van der Waals surface area contributed by atoms with Gasteiger partial charge in [-0.15, -0.1) is 4.72 Å². The number of carboxylic acid groups (broad SMARTS) is 1. The highest BCUT2D eigenvalue weighted by Gasteiger charge is 2.32. The zero-order chi connectivity index (χ0) is 31.7. The van der Waals surface area contributed by atoms with Crippen molar-refractivity contribution in [1.82, 2.24) is 25.5 Å². The topological polar surface area (TPSA) is 156 Å². The maximum absolute atomic E-state index is 13.1. The summed E-state index contributed by atoms with van der Waals surface area (Å²) in [6.45, 7) is 11.8. The van der Waals surface area contributed by atoms with Crippen LogP contribution >= 0.6 is 0 Å². The van der Waals surface area contributed by atoms with E-state index in [9.17, 15) is 24.0 Å². The first-order chi connectivity index (χ1) is 20.4. The number of carbonyl (C=O) groups is 3. The van der Waals surface area contributed by atoms with E-state index in [1.54, 1.807) is 6.92 Å². The monoisotopic (exact) mass is 615 g/mol. The standard InChI is InChI=1S/C31H45N5O6S/c1-7-43(41)35-21(5)25-15-14-24-13-12-23(17-27(24)33-25)11-10-20(4)18-42-28(19(2)3)29(37)32-22(6)30(38)36-16-8-9-26(34-36)31(39)40/h10-15,17,19-22,26,28,34-35H,7-9,16,18H2,1-6H3,(H,32,37)(H,39,40)/b11-10+/t20?,21-,22+,26+,28+,43+/m1/s1. The molecule has 1 aliphatic rings. The summed E-state index contributed by atoms with van der Waals surface area (Å²) in [4.78, 5) is 42.0. The zero-order valence-electron chi connectivity index (χ0n) is 25.8. The molecular weight excluding hydrogens is 570 g/mol. The number of benzene rings is 1. The molecule has 1 aliphatic heterocycles. The average Bonchev–Trinajstić information content (AvgIpc) is 2.98. The lowest BCUT2D eigenvalue weighted by atomic mass is 10.0. The van der Waals surface area contributed by atoms with Crippen molar-refractivity contribution >= 4 is 46.1 Å². The fourth-order valence-electron chi connectivity index (χ4n) is 4.71. The van der Waals surface area contributed by atoms with E-state index in [0.29, 0.717) is 31.7 Å². The van der Waals surface area contributed by atoms with Crippen molar-refractivity contribution in [2.24, 2.45) is 11.8 Å². The van der Waals surface area contributed by atoms with Crippen LogP contribution in [0.2, 0.25) is 0 Å². The van der Waals surface area contributed by atoms with Crippen LogP contribution in [0.4, 0.5) is 0 Å². The van der Waals surface area contributed by atoms with Gasteiger partial charge in [0.1, 0.15) is 23.9 Å². The van der Waals surface area contributed by atoms with Crippen molar-refractivity contribution in [3.63, 3.8) is 0 Å². The molecular formula is C31H45N5O6S. The number of carboxylic acids is 1. The molecule has 0 radical (unpaired) electrons. The summed E-state index contributed by atoms with van der Waals surface area (Å²) in [5, 5.41) is 14.3. The van der Waals surface area contributed by atoms with Crippen LogP contribution in [0.1, 0.15) is 71.7 Å². The molecule has 2 amide bonds. The van der Waals surface area contributed by atoms with Crippen LogP contribution in [-0.4, -0.2) is 74.5 Å². The summed E-state index contributed by atoms with van der Waals surface area (Å²) in [6.07, 6.45) is 4.26. The highest BCUT2D eigenvalue weighted by Crippen LogP contribution is 2.20. The maximum atomic E-state index is 13.1. The van der Waals surface area contributed by atoms with Gasteiger partial charge in [-0.25, -0.2) is 5.43 Å². The number of hydrogen-bond donors (Lipinski definition) is 4. The molecule has 0 bridgehead atoms. The summed E-state index contributed by atoms with van der Waals surface area (Å²) in [5.41, 5.74) is 5.37. The molecule has 1 aromatic heterocycles. The van der Waals surface area contributed by atoms with E-state index >= 15 is 0 Å². The molecule has 1 fully saturated rings. The Morgan fingerprint density at radius 1 is 1.21 bits per heavy atom. The molecule has 1 unspecified atom stereocenters. The number of aromatic nitrogens is 1. The third-order valence-corrected chi connectivity index (χ3v) is 8.39. The highest BCUT2D eigenvalue weighted by atomic mass is 32.2. The Morgan fingerprint density at radius 2 is 1.93 bits per heavy atom. The van der Waals surface area contributed by atoms with Crippen LogP contribution < -0.4 is 15.5 Å². The van der Waals surface area contributed by atoms with Crippen molar-refractivity contribution in [2.45, 2.75) is 78.6 Å². The van der Waals surface area contributed by atoms with E-state index < -0.39 is 41.4 Å². The first kappa shape index (κ1) is 34.5. The molecule has 1 saturated heterocycles. The predicted octanol–water partition coefficient (Wildman–Crippen LogP) is 3.34. The average molecular weight is 616 g/mol. The Morgan fingerprint density at radius 3 is 2.60 bits per heavy atom. The van der Waals surface area contributed by atoms with Crippen LogP contribution in [0, 0.1) is 11.8 Å². The number of nitrogens with zero attached hydrogens (tertiary/aromatic N) is 2. The number of carbonyl (C=O) groups excluding carboxylic acids is 2. The van der Waals surface area contributed by atoms with Crippen molar-refractivity contribution in [3.05, 3.63) is 47.7 Å². The highest BCUT2D eigenvalue weighted by molar-refractivity contribution is 7.89.